The van der Waals surface area contributed by atoms with Crippen molar-refractivity contribution < 1.29 is 15.0 Å². The fourth-order valence-electron chi connectivity index (χ4n) is 6.08. The maximum Gasteiger partial charge on any atom is 0.301 e. The Morgan fingerprint density at radius 2 is 1.71 bits per heavy atom. The molecule has 0 spiro atoms. The van der Waals surface area contributed by atoms with E-state index < -0.39 is 21.6 Å². The average Bonchev–Trinajstić information content (AvgIpc) is 2.60. The highest BCUT2D eigenvalue weighted by atomic mass is 16.6. The molecule has 2 N–H and O–H groups in total. The molecular formula is C19H24N4O5. The summed E-state index contributed by atoms with van der Waals surface area (Å²) in [6, 6.07) is 3.42. The normalized spacial score (nSPS) is 32.2. The lowest BCUT2D eigenvalue weighted by Gasteiger charge is -2.57. The van der Waals surface area contributed by atoms with E-state index in [1.165, 1.54) is 31.4 Å². The second-order valence-corrected chi connectivity index (χ2v) is 8.70. The first-order valence-electron chi connectivity index (χ1n) is 9.72. The molecule has 0 aliphatic heterocycles. The van der Waals surface area contributed by atoms with E-state index in [2.05, 4.69) is 10.5 Å². The van der Waals surface area contributed by atoms with Crippen LogP contribution in [0.5, 0.6) is 0 Å². The smallest absolute Gasteiger partial charge is 0.301 e. The Balaban J connectivity index is 1.65. The summed E-state index contributed by atoms with van der Waals surface area (Å²) in [5.74, 6) is 2.01. The molecule has 9 heteroatoms. The van der Waals surface area contributed by atoms with Gasteiger partial charge in [-0.05, 0) is 69.3 Å². The van der Waals surface area contributed by atoms with Crippen LogP contribution in [0, 0.1) is 43.4 Å². The van der Waals surface area contributed by atoms with Gasteiger partial charge >= 0.3 is 5.69 Å². The van der Waals surface area contributed by atoms with E-state index in [0.717, 1.165) is 25.3 Å². The van der Waals surface area contributed by atoms with Gasteiger partial charge in [0.15, 0.2) is 0 Å². The summed E-state index contributed by atoms with van der Waals surface area (Å²) in [7, 11) is 0. The molecular weight excluding hydrogens is 364 g/mol. The molecule has 4 bridgehead atoms. The monoisotopic (exact) mass is 388 g/mol. The molecule has 5 rings (SSSR count). The third kappa shape index (κ3) is 3.23. The minimum atomic E-state index is -0.763. The van der Waals surface area contributed by atoms with Crippen LogP contribution in [-0.4, -0.2) is 26.8 Å². The zero-order valence-corrected chi connectivity index (χ0v) is 15.7. The van der Waals surface area contributed by atoms with Crippen LogP contribution in [0.1, 0.15) is 45.4 Å². The molecule has 4 saturated carbocycles. The Bertz CT molecular complexity index is 815. The maximum atomic E-state index is 11.3. The summed E-state index contributed by atoms with van der Waals surface area (Å²) in [6.45, 7) is 1.68. The van der Waals surface area contributed by atoms with Crippen LogP contribution in [0.4, 0.5) is 17.1 Å². The molecule has 28 heavy (non-hydrogen) atoms. The van der Waals surface area contributed by atoms with Crippen molar-refractivity contribution in [2.24, 2.45) is 28.3 Å². The van der Waals surface area contributed by atoms with Crippen molar-refractivity contribution in [2.45, 2.75) is 51.6 Å². The number of non-ortho nitro benzene ring substituents is 1. The van der Waals surface area contributed by atoms with Crippen LogP contribution in [0.15, 0.2) is 23.3 Å². The first-order valence-corrected chi connectivity index (χ1v) is 9.72. The van der Waals surface area contributed by atoms with Crippen LogP contribution in [0.25, 0.3) is 0 Å². The molecule has 1 unspecified atom stereocenters. The van der Waals surface area contributed by atoms with Gasteiger partial charge in [-0.25, -0.2) is 0 Å². The predicted molar refractivity (Wildman–Crippen MR) is 103 cm³/mol. The lowest BCUT2D eigenvalue weighted by molar-refractivity contribution is -0.393. The Morgan fingerprint density at radius 1 is 1.14 bits per heavy atom. The van der Waals surface area contributed by atoms with Gasteiger partial charge in [-0.15, -0.1) is 0 Å². The zero-order valence-electron chi connectivity index (χ0n) is 15.7. The summed E-state index contributed by atoms with van der Waals surface area (Å²) >= 11 is 0. The van der Waals surface area contributed by atoms with E-state index in [0.29, 0.717) is 23.5 Å². The van der Waals surface area contributed by atoms with Crippen LogP contribution < -0.4 is 5.43 Å². The van der Waals surface area contributed by atoms with Gasteiger partial charge in [0.25, 0.3) is 5.69 Å². The highest BCUT2D eigenvalue weighted by Gasteiger charge is 2.54. The van der Waals surface area contributed by atoms with E-state index in [-0.39, 0.29) is 16.8 Å². The number of hydrogen-bond acceptors (Lipinski definition) is 7. The minimum Gasteiger partial charge on any atom is -0.387 e. The highest BCUT2D eigenvalue weighted by Crippen LogP contribution is 2.60. The molecule has 4 aliphatic rings. The van der Waals surface area contributed by atoms with E-state index in [9.17, 15) is 25.3 Å². The van der Waals surface area contributed by atoms with Gasteiger partial charge in [0.2, 0.25) is 0 Å². The van der Waals surface area contributed by atoms with E-state index in [1.54, 1.807) is 6.92 Å². The average molecular weight is 388 g/mol. The second-order valence-electron chi connectivity index (χ2n) is 8.70. The summed E-state index contributed by atoms with van der Waals surface area (Å²) in [6.07, 6.45) is 6.03. The maximum absolute atomic E-state index is 11.3. The third-order valence-electron chi connectivity index (χ3n) is 6.66. The minimum absolute atomic E-state index is 0.0819. The van der Waals surface area contributed by atoms with Gasteiger partial charge in [0, 0.05) is 11.5 Å². The van der Waals surface area contributed by atoms with Crippen molar-refractivity contribution in [1.29, 1.82) is 0 Å². The number of aliphatic hydroxyl groups is 1. The van der Waals surface area contributed by atoms with Crippen LogP contribution in [-0.2, 0) is 0 Å². The van der Waals surface area contributed by atoms with Crippen molar-refractivity contribution in [2.75, 3.05) is 5.43 Å². The van der Waals surface area contributed by atoms with Gasteiger partial charge in [-0.1, -0.05) is 0 Å². The van der Waals surface area contributed by atoms with Gasteiger partial charge in [-0.3, -0.25) is 25.7 Å². The van der Waals surface area contributed by atoms with Gasteiger partial charge < -0.3 is 5.11 Å². The van der Waals surface area contributed by atoms with E-state index in [4.69, 9.17) is 0 Å². The molecule has 1 aromatic rings. The number of nitro groups is 2. The van der Waals surface area contributed by atoms with Gasteiger partial charge in [0.05, 0.1) is 27.7 Å². The standard InChI is InChI=1S/C19H24N4O5/c1-11(24)18(19-8-12-4-13(9-19)6-14(5-12)10-19)21-20-16-3-2-15(22(25)26)7-17(16)23(27)28/h2-3,7,11-14,20,24H,4-6,8-10H2,1H3. The molecule has 9 nitrogen and oxygen atoms in total. The molecule has 1 atom stereocenters. The fraction of sp³-hybridized carbons (Fsp3) is 0.632. The number of anilines is 1. The highest BCUT2D eigenvalue weighted by molar-refractivity contribution is 5.94. The summed E-state index contributed by atoms with van der Waals surface area (Å²) in [5.41, 5.74) is 2.56. The van der Waals surface area contributed by atoms with Gasteiger partial charge in [0.1, 0.15) is 5.69 Å². The fourth-order valence-corrected chi connectivity index (χ4v) is 6.08. The quantitative estimate of drug-likeness (QED) is 0.432. The molecule has 150 valence electrons. The summed E-state index contributed by atoms with van der Waals surface area (Å²) in [4.78, 5) is 20.9. The molecule has 0 radical (unpaired) electrons. The molecule has 0 saturated heterocycles. The summed E-state index contributed by atoms with van der Waals surface area (Å²) < 4.78 is 0. The van der Waals surface area contributed by atoms with Crippen molar-refractivity contribution >= 4 is 22.8 Å². The van der Waals surface area contributed by atoms with Crippen LogP contribution >= 0.6 is 0 Å². The molecule has 1 aromatic carbocycles. The largest absolute Gasteiger partial charge is 0.387 e. The Hall–Kier alpha value is -2.55. The first-order chi connectivity index (χ1) is 13.3. The molecule has 4 aliphatic carbocycles. The Kier molecular flexibility index (Phi) is 4.57. The number of nitro benzene ring substituents is 2. The number of hydrazone groups is 1. The Morgan fingerprint density at radius 3 is 2.18 bits per heavy atom. The van der Waals surface area contributed by atoms with Crippen molar-refractivity contribution in [1.82, 2.24) is 0 Å². The lowest BCUT2D eigenvalue weighted by Crippen LogP contribution is -2.52. The van der Waals surface area contributed by atoms with Crippen LogP contribution in [0.3, 0.4) is 0 Å². The van der Waals surface area contributed by atoms with Crippen LogP contribution in [0.2, 0.25) is 0 Å². The first kappa shape index (κ1) is 18.8. The molecule has 0 aromatic heterocycles. The summed E-state index contributed by atoms with van der Waals surface area (Å²) in [5, 5.41) is 37.1. The number of nitrogens with one attached hydrogen (secondary N) is 1. The second kappa shape index (κ2) is 6.80. The zero-order chi connectivity index (χ0) is 20.1. The number of rotatable bonds is 6. The van der Waals surface area contributed by atoms with E-state index >= 15 is 0 Å². The lowest BCUT2D eigenvalue weighted by atomic mass is 9.48. The van der Waals surface area contributed by atoms with E-state index in [1.807, 2.05) is 0 Å². The number of nitrogens with zero attached hydrogens (tertiary/aromatic N) is 3. The number of aliphatic hydroxyl groups excluding tert-OH is 1. The molecule has 0 amide bonds. The van der Waals surface area contributed by atoms with Crippen molar-refractivity contribution in [3.63, 3.8) is 0 Å². The third-order valence-corrected chi connectivity index (χ3v) is 6.66. The topological polar surface area (TPSA) is 131 Å². The Labute approximate surface area is 162 Å². The van der Waals surface area contributed by atoms with Crippen molar-refractivity contribution in [3.05, 3.63) is 38.4 Å². The number of benzene rings is 1. The predicted octanol–water partition coefficient (Wildman–Crippen LogP) is 3.87. The molecule has 0 heterocycles. The molecule has 4 fully saturated rings. The SMILES string of the molecule is CC(O)C(=NNc1ccc([N+](=O)[O-])cc1[N+](=O)[O-])C12CC3CC(CC(C3)C1)C2. The van der Waals surface area contributed by atoms with Gasteiger partial charge in [-0.2, -0.15) is 5.10 Å². The number of hydrogen-bond donors (Lipinski definition) is 2. The van der Waals surface area contributed by atoms with Crippen molar-refractivity contribution in [3.8, 4) is 0 Å².